The summed E-state index contributed by atoms with van der Waals surface area (Å²) >= 11 is 0. The van der Waals surface area contributed by atoms with E-state index in [1.807, 2.05) is 0 Å². The first-order valence-electron chi connectivity index (χ1n) is 5.07. The number of nitrogens with one attached hydrogen (secondary N) is 1. The molecule has 84 valence electrons. The highest BCUT2D eigenvalue weighted by Gasteiger charge is 2.05. The van der Waals surface area contributed by atoms with Crippen molar-refractivity contribution >= 4 is 0 Å². The number of aromatic amines is 1. The van der Waals surface area contributed by atoms with E-state index in [9.17, 15) is 9.18 Å². The lowest BCUT2D eigenvalue weighted by molar-refractivity contribution is 0.607. The minimum absolute atomic E-state index is 0.153. The first-order valence-corrected chi connectivity index (χ1v) is 5.07. The summed E-state index contributed by atoms with van der Waals surface area (Å²) in [6.07, 6.45) is 3.27. The highest BCUT2D eigenvalue weighted by Crippen LogP contribution is 2.15. The summed E-state index contributed by atoms with van der Waals surface area (Å²) in [6, 6.07) is 3.53. The van der Waals surface area contributed by atoms with Crippen LogP contribution in [-0.2, 0) is 6.54 Å². The van der Waals surface area contributed by atoms with E-state index in [1.165, 1.54) is 0 Å². The molecule has 1 aromatic heterocycles. The van der Waals surface area contributed by atoms with Gasteiger partial charge in [-0.3, -0.25) is 4.57 Å². The van der Waals surface area contributed by atoms with Crippen LogP contribution in [0, 0.1) is 19.7 Å². The van der Waals surface area contributed by atoms with Gasteiger partial charge in [0.05, 0.1) is 6.54 Å². The highest BCUT2D eigenvalue weighted by atomic mass is 19.1. The molecule has 0 saturated carbocycles. The number of H-pyrrole nitrogens is 1. The second-order valence-corrected chi connectivity index (χ2v) is 3.94. The van der Waals surface area contributed by atoms with Gasteiger partial charge in [-0.05, 0) is 30.5 Å². The van der Waals surface area contributed by atoms with Crippen molar-refractivity contribution < 1.29 is 4.39 Å². The zero-order valence-electron chi connectivity index (χ0n) is 9.25. The molecule has 0 aliphatic rings. The maximum absolute atomic E-state index is 13.4. The molecule has 3 nitrogen and oxygen atoms in total. The van der Waals surface area contributed by atoms with Crippen LogP contribution in [0.1, 0.15) is 16.7 Å². The molecule has 1 heterocycles. The van der Waals surface area contributed by atoms with Gasteiger partial charge < -0.3 is 4.98 Å². The quantitative estimate of drug-likeness (QED) is 0.825. The second-order valence-electron chi connectivity index (χ2n) is 3.94. The smallest absolute Gasteiger partial charge is 0.313 e. The molecule has 0 amide bonds. The van der Waals surface area contributed by atoms with Crippen molar-refractivity contribution in [2.45, 2.75) is 20.4 Å². The van der Waals surface area contributed by atoms with Crippen LogP contribution in [-0.4, -0.2) is 9.55 Å². The van der Waals surface area contributed by atoms with Crippen molar-refractivity contribution in [1.29, 1.82) is 0 Å². The molecule has 0 saturated heterocycles. The van der Waals surface area contributed by atoms with Gasteiger partial charge in [-0.2, -0.15) is 0 Å². The standard InChI is InChI=1S/C12H13FN2O/c1-8-5-10(6-9(2)11(8)13)7-15-4-3-14-12(15)16/h3-6H,7H2,1-2H3,(H,14,16). The Bertz CT molecular complexity index is 545. The van der Waals surface area contributed by atoms with E-state index in [4.69, 9.17) is 0 Å². The Hall–Kier alpha value is -1.84. The number of aromatic nitrogens is 2. The van der Waals surface area contributed by atoms with Gasteiger partial charge in [-0.1, -0.05) is 12.1 Å². The van der Waals surface area contributed by atoms with Gasteiger partial charge >= 0.3 is 5.69 Å². The van der Waals surface area contributed by atoms with Crippen molar-refractivity contribution in [3.8, 4) is 0 Å². The molecule has 1 aromatic carbocycles. The molecule has 0 spiro atoms. The predicted molar refractivity (Wildman–Crippen MR) is 60.0 cm³/mol. The van der Waals surface area contributed by atoms with Gasteiger partial charge in [0.25, 0.3) is 0 Å². The Morgan fingerprint density at radius 1 is 1.31 bits per heavy atom. The Labute approximate surface area is 92.5 Å². The van der Waals surface area contributed by atoms with Crippen molar-refractivity contribution in [3.05, 3.63) is 57.5 Å². The fourth-order valence-corrected chi connectivity index (χ4v) is 1.80. The summed E-state index contributed by atoms with van der Waals surface area (Å²) in [7, 11) is 0. The van der Waals surface area contributed by atoms with Crippen LogP contribution in [0.4, 0.5) is 4.39 Å². The Morgan fingerprint density at radius 2 is 1.94 bits per heavy atom. The van der Waals surface area contributed by atoms with E-state index >= 15 is 0 Å². The van der Waals surface area contributed by atoms with E-state index in [0.717, 1.165) is 5.56 Å². The summed E-state index contributed by atoms with van der Waals surface area (Å²) in [5.41, 5.74) is 2.00. The molecule has 2 aromatic rings. The van der Waals surface area contributed by atoms with Crippen LogP contribution in [0.3, 0.4) is 0 Å². The second kappa shape index (κ2) is 3.96. The number of aryl methyl sites for hydroxylation is 2. The van der Waals surface area contributed by atoms with Gasteiger partial charge in [0.1, 0.15) is 5.82 Å². The molecule has 0 radical (unpaired) electrons. The van der Waals surface area contributed by atoms with Gasteiger partial charge in [-0.25, -0.2) is 9.18 Å². The molecule has 1 N–H and O–H groups in total. The molecule has 0 fully saturated rings. The Morgan fingerprint density at radius 3 is 2.44 bits per heavy atom. The number of hydrogen-bond donors (Lipinski definition) is 1. The van der Waals surface area contributed by atoms with Crippen molar-refractivity contribution in [3.63, 3.8) is 0 Å². The lowest BCUT2D eigenvalue weighted by Crippen LogP contribution is -2.16. The Kier molecular flexibility index (Phi) is 2.64. The third-order valence-electron chi connectivity index (χ3n) is 2.57. The average Bonchev–Trinajstić information content (AvgIpc) is 2.61. The van der Waals surface area contributed by atoms with Crippen LogP contribution in [0.2, 0.25) is 0 Å². The van der Waals surface area contributed by atoms with Crippen LogP contribution < -0.4 is 5.69 Å². The van der Waals surface area contributed by atoms with Crippen LogP contribution >= 0.6 is 0 Å². The molecule has 0 aliphatic carbocycles. The predicted octanol–water partition coefficient (Wildman–Crippen LogP) is 1.98. The number of halogens is 1. The van der Waals surface area contributed by atoms with E-state index < -0.39 is 0 Å². The maximum atomic E-state index is 13.4. The van der Waals surface area contributed by atoms with Gasteiger partial charge in [0, 0.05) is 12.4 Å². The van der Waals surface area contributed by atoms with Gasteiger partial charge in [0.2, 0.25) is 0 Å². The summed E-state index contributed by atoms with van der Waals surface area (Å²) < 4.78 is 14.9. The highest BCUT2D eigenvalue weighted by molar-refractivity contribution is 5.30. The molecule has 16 heavy (non-hydrogen) atoms. The molecule has 4 heteroatoms. The maximum Gasteiger partial charge on any atom is 0.325 e. The SMILES string of the molecule is Cc1cc(Cn2cc[nH]c2=O)cc(C)c1F. The molecular weight excluding hydrogens is 207 g/mol. The van der Waals surface area contributed by atoms with Crippen molar-refractivity contribution in [2.24, 2.45) is 0 Å². The molecule has 0 aliphatic heterocycles. The largest absolute Gasteiger partial charge is 0.325 e. The third-order valence-corrected chi connectivity index (χ3v) is 2.57. The number of imidazole rings is 1. The first-order chi connectivity index (χ1) is 7.58. The number of benzene rings is 1. The Balaban J connectivity index is 2.36. The lowest BCUT2D eigenvalue weighted by atomic mass is 10.1. The van der Waals surface area contributed by atoms with Crippen LogP contribution in [0.5, 0.6) is 0 Å². The zero-order chi connectivity index (χ0) is 11.7. The average molecular weight is 220 g/mol. The van der Waals surface area contributed by atoms with Crippen molar-refractivity contribution in [2.75, 3.05) is 0 Å². The summed E-state index contributed by atoms with van der Waals surface area (Å²) in [6.45, 7) is 3.92. The minimum Gasteiger partial charge on any atom is -0.313 e. The summed E-state index contributed by atoms with van der Waals surface area (Å²) in [5, 5.41) is 0. The first kappa shape index (κ1) is 10.7. The molecule has 0 unspecified atom stereocenters. The molecular formula is C12H13FN2O. The molecule has 2 rings (SSSR count). The monoisotopic (exact) mass is 220 g/mol. The van der Waals surface area contributed by atoms with Crippen LogP contribution in [0.15, 0.2) is 29.3 Å². The number of rotatable bonds is 2. The molecule has 0 atom stereocenters. The minimum atomic E-state index is -0.176. The zero-order valence-corrected chi connectivity index (χ0v) is 9.25. The number of nitrogens with zero attached hydrogens (tertiary/aromatic N) is 1. The van der Waals surface area contributed by atoms with Gasteiger partial charge in [-0.15, -0.1) is 0 Å². The fraction of sp³-hybridized carbons (Fsp3) is 0.250. The fourth-order valence-electron chi connectivity index (χ4n) is 1.80. The van der Waals surface area contributed by atoms with Crippen molar-refractivity contribution in [1.82, 2.24) is 9.55 Å². The molecule has 0 bridgehead atoms. The van der Waals surface area contributed by atoms with Crippen LogP contribution in [0.25, 0.3) is 0 Å². The van der Waals surface area contributed by atoms with E-state index in [0.29, 0.717) is 17.7 Å². The van der Waals surface area contributed by atoms with Gasteiger partial charge in [0.15, 0.2) is 0 Å². The van der Waals surface area contributed by atoms with E-state index in [-0.39, 0.29) is 11.5 Å². The topological polar surface area (TPSA) is 37.8 Å². The van der Waals surface area contributed by atoms with E-state index in [2.05, 4.69) is 4.98 Å². The summed E-state index contributed by atoms with van der Waals surface area (Å²) in [4.78, 5) is 13.9. The number of hydrogen-bond acceptors (Lipinski definition) is 1. The lowest BCUT2D eigenvalue weighted by Gasteiger charge is -2.06. The van der Waals surface area contributed by atoms with E-state index in [1.54, 1.807) is 42.9 Å². The normalized spacial score (nSPS) is 10.7. The third kappa shape index (κ3) is 1.91. The summed E-state index contributed by atoms with van der Waals surface area (Å²) in [5.74, 6) is -0.176.